The van der Waals surface area contributed by atoms with Crippen LogP contribution in [0.4, 0.5) is 0 Å². The number of benzene rings is 3. The number of hydrogen-bond donors (Lipinski definition) is 7. The Morgan fingerprint density at radius 3 is 2.42 bits per heavy atom. The highest BCUT2D eigenvalue weighted by molar-refractivity contribution is 5.97. The number of ether oxygens (including phenoxy) is 4. The molecule has 5 rings (SSSR count). The second kappa shape index (κ2) is 19.0. The van der Waals surface area contributed by atoms with Crippen molar-refractivity contribution in [3.8, 4) is 23.0 Å². The Morgan fingerprint density at radius 2 is 1.71 bits per heavy atom. The van der Waals surface area contributed by atoms with Crippen molar-refractivity contribution in [3.63, 3.8) is 0 Å². The number of carboxylic acids is 1. The van der Waals surface area contributed by atoms with Crippen LogP contribution in [-0.2, 0) is 41.6 Å². The molecule has 55 heavy (non-hydrogen) atoms. The molecule has 6 atom stereocenters. The predicted molar refractivity (Wildman–Crippen MR) is 199 cm³/mol. The number of ketones is 2. The minimum atomic E-state index is -2.07. The van der Waals surface area contributed by atoms with Gasteiger partial charge >= 0.3 is 5.97 Å². The number of aromatic hydroxyl groups is 3. The highest BCUT2D eigenvalue weighted by Crippen LogP contribution is 2.39. The standard InChI is InChI=1S/C41H47NO13/c42-14-15-52-36-13-9-26(16-34(36)48)8-11-30(44)24-54-41(40(50)51)20-35(49)39-38(21-41)55-37(17-27(23-53-39)7-6-25-4-2-1-3-5-25)31(45)12-10-28-18-32(46)33(47)19-29(28)22-43/h1-5,8-13,16,18-19,27,35,37-39,43,46-49H,6-7,14-15,17,20-24,42H2,(H,50,51). The highest BCUT2D eigenvalue weighted by atomic mass is 16.6. The van der Waals surface area contributed by atoms with Gasteiger partial charge in [-0.3, -0.25) is 9.59 Å². The van der Waals surface area contributed by atoms with Gasteiger partial charge in [0.15, 0.2) is 40.2 Å². The van der Waals surface area contributed by atoms with E-state index >= 15 is 0 Å². The number of carboxylic acid groups (broad SMARTS) is 1. The van der Waals surface area contributed by atoms with E-state index in [1.54, 1.807) is 6.07 Å². The maximum atomic E-state index is 13.8. The molecule has 294 valence electrons. The van der Waals surface area contributed by atoms with Gasteiger partial charge in [-0.2, -0.15) is 0 Å². The lowest BCUT2D eigenvalue weighted by molar-refractivity contribution is -0.230. The van der Waals surface area contributed by atoms with Crippen LogP contribution in [-0.4, -0.2) is 105 Å². The molecule has 0 aromatic heterocycles. The fourth-order valence-electron chi connectivity index (χ4n) is 6.79. The van der Waals surface area contributed by atoms with Gasteiger partial charge in [-0.15, -0.1) is 0 Å². The largest absolute Gasteiger partial charge is 0.504 e. The lowest BCUT2D eigenvalue weighted by Crippen LogP contribution is -2.60. The summed E-state index contributed by atoms with van der Waals surface area (Å²) in [5.74, 6) is -3.49. The Morgan fingerprint density at radius 1 is 0.945 bits per heavy atom. The van der Waals surface area contributed by atoms with Gasteiger partial charge in [0.1, 0.15) is 25.4 Å². The molecular weight excluding hydrogens is 714 g/mol. The molecule has 2 aliphatic rings. The second-order valence-electron chi connectivity index (χ2n) is 13.7. The number of aliphatic hydroxyl groups excluding tert-OH is 2. The van der Waals surface area contributed by atoms with Crippen LogP contribution in [0.25, 0.3) is 12.2 Å². The normalized spacial score (nSPS) is 24.2. The minimum absolute atomic E-state index is 0.152. The Bertz CT molecular complexity index is 1860. The van der Waals surface area contributed by atoms with Gasteiger partial charge in [-0.05, 0) is 83.9 Å². The molecule has 0 bridgehead atoms. The molecule has 1 aliphatic carbocycles. The van der Waals surface area contributed by atoms with Gasteiger partial charge in [-0.25, -0.2) is 4.79 Å². The maximum absolute atomic E-state index is 13.8. The maximum Gasteiger partial charge on any atom is 0.336 e. The summed E-state index contributed by atoms with van der Waals surface area (Å²) >= 11 is 0. The van der Waals surface area contributed by atoms with Gasteiger partial charge in [0.25, 0.3) is 0 Å². The van der Waals surface area contributed by atoms with Crippen LogP contribution in [0, 0.1) is 5.92 Å². The zero-order chi connectivity index (χ0) is 39.5. The van der Waals surface area contributed by atoms with Gasteiger partial charge < -0.3 is 55.3 Å². The quantitative estimate of drug-likeness (QED) is 0.0820. The third-order valence-electron chi connectivity index (χ3n) is 9.76. The molecule has 0 radical (unpaired) electrons. The predicted octanol–water partition coefficient (Wildman–Crippen LogP) is 3.28. The number of phenols is 3. The number of aliphatic hydroxyl groups is 2. The molecule has 1 saturated heterocycles. The summed E-state index contributed by atoms with van der Waals surface area (Å²) in [6.45, 7) is -0.503. The van der Waals surface area contributed by atoms with Crippen LogP contribution in [0.15, 0.2) is 72.8 Å². The molecule has 6 unspecified atom stereocenters. The molecule has 3 aromatic rings. The van der Waals surface area contributed by atoms with Gasteiger partial charge in [0.2, 0.25) is 0 Å². The SMILES string of the molecule is NCCOc1ccc(C=CC(=O)COC2(C(=O)O)CC(O)C3OCC(CCc4ccccc4)CC(C(=O)C=Cc4cc(O)c(O)cc4CO)OC3C2)cc1O. The van der Waals surface area contributed by atoms with E-state index in [1.165, 1.54) is 48.6 Å². The van der Waals surface area contributed by atoms with Gasteiger partial charge in [0, 0.05) is 19.4 Å². The van der Waals surface area contributed by atoms with Crippen molar-refractivity contribution in [2.24, 2.45) is 11.7 Å². The van der Waals surface area contributed by atoms with E-state index in [2.05, 4.69) is 0 Å². The van der Waals surface area contributed by atoms with Gasteiger partial charge in [0.05, 0.1) is 25.4 Å². The van der Waals surface area contributed by atoms with E-state index in [0.29, 0.717) is 18.4 Å². The number of rotatable bonds is 16. The van der Waals surface area contributed by atoms with Crippen LogP contribution in [0.2, 0.25) is 0 Å². The van der Waals surface area contributed by atoms with Crippen molar-refractivity contribution in [2.75, 3.05) is 26.4 Å². The van der Waals surface area contributed by atoms with E-state index in [4.69, 9.17) is 24.7 Å². The van der Waals surface area contributed by atoms with Crippen LogP contribution >= 0.6 is 0 Å². The summed E-state index contributed by atoms with van der Waals surface area (Å²) in [4.78, 5) is 39.5. The number of fused-ring (bicyclic) bond motifs is 1. The average molecular weight is 762 g/mol. The molecule has 3 aromatic carbocycles. The highest BCUT2D eigenvalue weighted by Gasteiger charge is 2.54. The minimum Gasteiger partial charge on any atom is -0.504 e. The summed E-state index contributed by atoms with van der Waals surface area (Å²) in [6, 6.07) is 16.7. The Kier molecular flexibility index (Phi) is 14.2. The fourth-order valence-corrected chi connectivity index (χ4v) is 6.79. The van der Waals surface area contributed by atoms with Crippen molar-refractivity contribution >= 4 is 29.7 Å². The summed E-state index contributed by atoms with van der Waals surface area (Å²) in [5, 5.41) is 61.6. The third kappa shape index (κ3) is 10.8. The number of carbonyl (C=O) groups excluding carboxylic acids is 2. The Balaban J connectivity index is 1.33. The topological polar surface area (TPSA) is 236 Å². The molecule has 1 saturated carbocycles. The number of aliphatic carboxylic acids is 1. The first-order valence-corrected chi connectivity index (χ1v) is 18.0. The average Bonchev–Trinajstić information content (AvgIpc) is 3.16. The molecule has 0 amide bonds. The first-order chi connectivity index (χ1) is 26.4. The first-order valence-electron chi connectivity index (χ1n) is 18.0. The molecule has 8 N–H and O–H groups in total. The number of hydrogen-bond acceptors (Lipinski definition) is 13. The number of carbonyl (C=O) groups is 3. The zero-order valence-corrected chi connectivity index (χ0v) is 30.2. The fraction of sp³-hybridized carbons (Fsp3) is 0.390. The Labute approximate surface area is 318 Å². The molecule has 1 heterocycles. The summed E-state index contributed by atoms with van der Waals surface area (Å²) < 4.78 is 23.7. The van der Waals surface area contributed by atoms with Crippen LogP contribution in [0.3, 0.4) is 0 Å². The molecule has 14 heteroatoms. The van der Waals surface area contributed by atoms with Crippen molar-refractivity contribution < 1.29 is 64.0 Å². The van der Waals surface area contributed by atoms with Crippen molar-refractivity contribution in [1.82, 2.24) is 0 Å². The number of nitrogens with two attached hydrogens (primary N) is 1. The molecule has 0 spiro atoms. The lowest BCUT2D eigenvalue weighted by atomic mass is 9.78. The summed E-state index contributed by atoms with van der Waals surface area (Å²) in [6.07, 6.45) is 1.31. The third-order valence-corrected chi connectivity index (χ3v) is 9.76. The van der Waals surface area contributed by atoms with E-state index in [-0.39, 0.29) is 61.1 Å². The second-order valence-corrected chi connectivity index (χ2v) is 13.7. The van der Waals surface area contributed by atoms with Crippen LogP contribution in [0.1, 0.15) is 47.9 Å². The molecule has 2 fully saturated rings. The number of phenolic OH excluding ortho intramolecular Hbond substituents is 3. The van der Waals surface area contributed by atoms with Crippen molar-refractivity contribution in [3.05, 3.63) is 95.1 Å². The number of aryl methyl sites for hydroxylation is 1. The summed E-state index contributed by atoms with van der Waals surface area (Å²) in [7, 11) is 0. The smallest absolute Gasteiger partial charge is 0.336 e. The molecular formula is C41H47NO13. The van der Waals surface area contributed by atoms with Crippen molar-refractivity contribution in [1.29, 1.82) is 0 Å². The first kappa shape index (κ1) is 41.1. The van der Waals surface area contributed by atoms with Crippen LogP contribution in [0.5, 0.6) is 23.0 Å². The molecule has 1 aliphatic heterocycles. The van der Waals surface area contributed by atoms with Gasteiger partial charge in [-0.1, -0.05) is 48.6 Å². The van der Waals surface area contributed by atoms with E-state index in [1.807, 2.05) is 30.3 Å². The van der Waals surface area contributed by atoms with Crippen LogP contribution < -0.4 is 10.5 Å². The molecule has 14 nitrogen and oxygen atoms in total. The van der Waals surface area contributed by atoms with E-state index in [9.17, 15) is 45.0 Å². The zero-order valence-electron chi connectivity index (χ0n) is 30.2. The van der Waals surface area contributed by atoms with E-state index < -0.39 is 78.7 Å². The van der Waals surface area contributed by atoms with Crippen molar-refractivity contribution in [2.45, 2.75) is 68.7 Å². The lowest BCUT2D eigenvalue weighted by Gasteiger charge is -2.46. The Hall–Kier alpha value is -5.09. The summed E-state index contributed by atoms with van der Waals surface area (Å²) in [5.41, 5.74) is 5.47. The van der Waals surface area contributed by atoms with E-state index in [0.717, 1.165) is 5.56 Å². The monoisotopic (exact) mass is 761 g/mol.